The molecule has 0 aliphatic carbocycles. The monoisotopic (exact) mass is 548 g/mol. The highest BCUT2D eigenvalue weighted by atomic mass is 35.5. The van der Waals surface area contributed by atoms with Crippen molar-refractivity contribution in [1.82, 2.24) is 25.3 Å². The molecule has 1 atom stereocenters. The molecule has 0 aliphatic rings. The molecule has 0 aromatic carbocycles. The highest BCUT2D eigenvalue weighted by Crippen LogP contribution is 2.35. The summed E-state index contributed by atoms with van der Waals surface area (Å²) in [6.07, 6.45) is -0.713. The van der Waals surface area contributed by atoms with E-state index in [4.69, 9.17) is 28.3 Å². The van der Waals surface area contributed by atoms with Gasteiger partial charge in [0, 0.05) is 12.8 Å². The first kappa shape index (κ1) is 26.7. The zero-order chi connectivity index (χ0) is 25.8. The molecular formula is C20H17Cl2F3N6O3S. The number of nitrogens with zero attached hydrogens (tertiary/aromatic N) is 4. The highest BCUT2D eigenvalue weighted by molar-refractivity contribution is 7.13. The molecule has 3 rings (SSSR count). The van der Waals surface area contributed by atoms with Crippen LogP contribution < -0.4 is 10.6 Å². The molecule has 0 fully saturated rings. The molecule has 15 heteroatoms. The van der Waals surface area contributed by atoms with Crippen LogP contribution in [0, 0.1) is 0 Å². The Morgan fingerprint density at radius 2 is 1.89 bits per heavy atom. The Balaban J connectivity index is 1.69. The second-order valence-corrected chi connectivity index (χ2v) is 8.92. The number of nitrogens with one attached hydrogen (secondary N) is 2. The molecule has 2 amide bonds. The van der Waals surface area contributed by atoms with Crippen molar-refractivity contribution in [3.05, 3.63) is 61.7 Å². The van der Waals surface area contributed by atoms with Crippen molar-refractivity contribution in [3.63, 3.8) is 0 Å². The number of aliphatic hydroxyl groups excluding tert-OH is 1. The number of hydrogen-bond acceptors (Lipinski definition) is 8. The van der Waals surface area contributed by atoms with Crippen molar-refractivity contribution in [1.29, 1.82) is 0 Å². The van der Waals surface area contributed by atoms with Gasteiger partial charge in [-0.15, -0.1) is 11.3 Å². The Kier molecular flexibility index (Phi) is 8.59. The number of alkyl halides is 3. The zero-order valence-electron chi connectivity index (χ0n) is 17.9. The van der Waals surface area contributed by atoms with E-state index in [9.17, 15) is 22.8 Å². The molecule has 0 bridgehead atoms. The third-order valence-corrected chi connectivity index (χ3v) is 6.39. The molecule has 0 saturated heterocycles. The van der Waals surface area contributed by atoms with Crippen LogP contribution in [0.4, 0.5) is 19.0 Å². The van der Waals surface area contributed by atoms with Crippen LogP contribution in [0.3, 0.4) is 0 Å². The second-order valence-electron chi connectivity index (χ2n) is 7.07. The summed E-state index contributed by atoms with van der Waals surface area (Å²) in [5, 5.41) is 13.7. The predicted octanol–water partition coefficient (Wildman–Crippen LogP) is 4.32. The van der Waals surface area contributed by atoms with Gasteiger partial charge in [0.15, 0.2) is 0 Å². The molecule has 186 valence electrons. The van der Waals surface area contributed by atoms with E-state index in [1.54, 1.807) is 6.92 Å². The fraction of sp³-hybridized carbons (Fsp3) is 0.300. The van der Waals surface area contributed by atoms with Gasteiger partial charge in [-0.3, -0.25) is 9.59 Å². The van der Waals surface area contributed by atoms with Gasteiger partial charge >= 0.3 is 6.18 Å². The molecule has 3 aromatic heterocycles. The number of anilines is 1. The Morgan fingerprint density at radius 1 is 1.14 bits per heavy atom. The van der Waals surface area contributed by atoms with E-state index < -0.39 is 34.6 Å². The Bertz CT molecular complexity index is 1240. The maximum Gasteiger partial charge on any atom is 0.418 e. The fourth-order valence-electron chi connectivity index (χ4n) is 2.81. The highest BCUT2D eigenvalue weighted by Gasteiger charge is 2.34. The molecule has 0 aliphatic heterocycles. The van der Waals surface area contributed by atoms with Crippen LogP contribution in [0.2, 0.25) is 10.0 Å². The number of rotatable bonds is 8. The largest absolute Gasteiger partial charge is 0.418 e. The zero-order valence-corrected chi connectivity index (χ0v) is 20.2. The molecular weight excluding hydrogens is 532 g/mol. The topological polar surface area (TPSA) is 130 Å². The lowest BCUT2D eigenvalue weighted by Gasteiger charge is -2.12. The first-order valence-corrected chi connectivity index (χ1v) is 11.5. The van der Waals surface area contributed by atoms with Crippen LogP contribution >= 0.6 is 34.5 Å². The van der Waals surface area contributed by atoms with E-state index in [0.717, 1.165) is 17.5 Å². The lowest BCUT2D eigenvalue weighted by Crippen LogP contribution is -2.28. The van der Waals surface area contributed by atoms with Crippen LogP contribution in [0.15, 0.2) is 24.8 Å². The van der Waals surface area contributed by atoms with E-state index in [-0.39, 0.29) is 28.0 Å². The average molecular weight is 549 g/mol. The number of thiazole rings is 1. The van der Waals surface area contributed by atoms with Crippen molar-refractivity contribution in [3.8, 4) is 0 Å². The van der Waals surface area contributed by atoms with Gasteiger partial charge in [-0.1, -0.05) is 23.2 Å². The van der Waals surface area contributed by atoms with E-state index in [0.29, 0.717) is 29.6 Å². The molecule has 35 heavy (non-hydrogen) atoms. The number of pyridine rings is 1. The van der Waals surface area contributed by atoms with Crippen LogP contribution in [-0.4, -0.2) is 43.5 Å². The third-order valence-electron chi connectivity index (χ3n) is 4.52. The van der Waals surface area contributed by atoms with Gasteiger partial charge in [0.05, 0.1) is 33.5 Å². The number of halogens is 5. The van der Waals surface area contributed by atoms with Gasteiger partial charge in [0.1, 0.15) is 27.7 Å². The van der Waals surface area contributed by atoms with Crippen molar-refractivity contribution in [2.45, 2.75) is 32.0 Å². The molecule has 0 radical (unpaired) electrons. The summed E-state index contributed by atoms with van der Waals surface area (Å²) in [5.74, 6) is -1.66. The summed E-state index contributed by atoms with van der Waals surface area (Å²) >= 11 is 12.7. The van der Waals surface area contributed by atoms with Gasteiger partial charge < -0.3 is 15.7 Å². The van der Waals surface area contributed by atoms with E-state index in [1.807, 2.05) is 0 Å². The Labute approximate surface area is 210 Å². The molecule has 0 saturated carbocycles. The van der Waals surface area contributed by atoms with Crippen molar-refractivity contribution >= 4 is 52.2 Å². The van der Waals surface area contributed by atoms with Gasteiger partial charge in [-0.05, 0) is 25.8 Å². The fourth-order valence-corrected chi connectivity index (χ4v) is 4.11. The van der Waals surface area contributed by atoms with Crippen LogP contribution in [0.1, 0.15) is 55.8 Å². The maximum atomic E-state index is 13.0. The van der Waals surface area contributed by atoms with Gasteiger partial charge in [-0.25, -0.2) is 19.9 Å². The lowest BCUT2D eigenvalue weighted by atomic mass is 10.2. The van der Waals surface area contributed by atoms with Crippen molar-refractivity contribution in [2.24, 2.45) is 0 Å². The minimum absolute atomic E-state index is 0.0507. The van der Waals surface area contributed by atoms with Crippen LogP contribution in [-0.2, 0) is 12.6 Å². The molecule has 9 nitrogen and oxygen atoms in total. The Hall–Kier alpha value is -2.87. The summed E-state index contributed by atoms with van der Waals surface area (Å²) in [6, 6.07) is -0.0165. The van der Waals surface area contributed by atoms with Crippen LogP contribution in [0.25, 0.3) is 0 Å². The SMILES string of the molecule is CC(NC(=O)c1ncnc(CCCO)c1Cl)c1ncc(C(=O)Nc2cc(C(F)(F)F)c(Cl)cn2)s1. The molecule has 1 unspecified atom stereocenters. The number of carbonyl (C=O) groups is 2. The molecule has 3 N–H and O–H groups in total. The third kappa shape index (κ3) is 6.63. The number of aromatic nitrogens is 4. The summed E-state index contributed by atoms with van der Waals surface area (Å²) in [6.45, 7) is 1.56. The van der Waals surface area contributed by atoms with E-state index in [2.05, 4.69) is 30.6 Å². The summed E-state index contributed by atoms with van der Waals surface area (Å²) < 4.78 is 39.0. The minimum Gasteiger partial charge on any atom is -0.396 e. The number of aliphatic hydroxyl groups is 1. The van der Waals surface area contributed by atoms with Crippen molar-refractivity contribution in [2.75, 3.05) is 11.9 Å². The smallest absolute Gasteiger partial charge is 0.396 e. The number of amides is 2. The first-order valence-electron chi connectivity index (χ1n) is 9.92. The van der Waals surface area contributed by atoms with Gasteiger partial charge in [0.25, 0.3) is 11.8 Å². The quantitative estimate of drug-likeness (QED) is 0.382. The summed E-state index contributed by atoms with van der Waals surface area (Å²) in [7, 11) is 0. The second kappa shape index (κ2) is 11.2. The summed E-state index contributed by atoms with van der Waals surface area (Å²) in [4.78, 5) is 40.9. The standard InChI is InChI=1S/C20H17Cl2F3N6O3S/c1-9(30-18(34)16-15(22)12(3-2-4-32)28-8-29-16)19-27-7-13(35-19)17(33)31-14-5-10(20(23,24)25)11(21)6-26-14/h5-9,32H,2-4H2,1H3,(H,30,34)(H,26,31,33). The number of hydrogen-bond donors (Lipinski definition) is 3. The van der Waals surface area contributed by atoms with E-state index in [1.165, 1.54) is 12.5 Å². The average Bonchev–Trinajstić information content (AvgIpc) is 3.29. The van der Waals surface area contributed by atoms with Crippen molar-refractivity contribution < 1.29 is 27.9 Å². The van der Waals surface area contributed by atoms with Gasteiger partial charge in [0.2, 0.25) is 0 Å². The number of carbonyl (C=O) groups excluding carboxylic acids is 2. The predicted molar refractivity (Wildman–Crippen MR) is 123 cm³/mol. The van der Waals surface area contributed by atoms with Crippen LogP contribution in [0.5, 0.6) is 0 Å². The maximum absolute atomic E-state index is 13.0. The number of aryl methyl sites for hydroxylation is 1. The first-order chi connectivity index (χ1) is 16.5. The van der Waals surface area contributed by atoms with E-state index >= 15 is 0 Å². The molecule has 3 heterocycles. The summed E-state index contributed by atoms with van der Waals surface area (Å²) in [5.41, 5.74) is -0.759. The lowest BCUT2D eigenvalue weighted by molar-refractivity contribution is -0.137. The van der Waals surface area contributed by atoms with Gasteiger partial charge in [-0.2, -0.15) is 13.2 Å². The normalized spacial score (nSPS) is 12.3. The minimum atomic E-state index is -4.71. The Morgan fingerprint density at radius 3 is 2.57 bits per heavy atom. The molecule has 3 aromatic rings. The molecule has 0 spiro atoms.